The average molecular weight is 375 g/mol. The third-order valence-electron chi connectivity index (χ3n) is 4.82. The normalized spacial score (nSPS) is 17.4. The summed E-state index contributed by atoms with van der Waals surface area (Å²) in [5.41, 5.74) is 2.20. The van der Waals surface area contributed by atoms with Crippen LogP contribution in [0.4, 0.5) is 5.69 Å². The van der Waals surface area contributed by atoms with E-state index in [9.17, 15) is 8.42 Å². The number of hydrogen-bond acceptors (Lipinski definition) is 4. The van der Waals surface area contributed by atoms with E-state index in [0.29, 0.717) is 18.9 Å². The molecule has 1 heterocycles. The van der Waals surface area contributed by atoms with Crippen LogP contribution in [0.15, 0.2) is 54.6 Å². The first-order valence-corrected chi connectivity index (χ1v) is 10.6. The van der Waals surface area contributed by atoms with Crippen LogP contribution in [-0.4, -0.2) is 40.9 Å². The highest BCUT2D eigenvalue weighted by atomic mass is 32.2. The summed E-state index contributed by atoms with van der Waals surface area (Å²) < 4.78 is 32.5. The van der Waals surface area contributed by atoms with Crippen LogP contribution < -0.4 is 14.4 Å². The van der Waals surface area contributed by atoms with Crippen molar-refractivity contribution in [3.8, 4) is 5.75 Å². The van der Waals surface area contributed by atoms with Crippen molar-refractivity contribution in [2.75, 3.05) is 37.4 Å². The van der Waals surface area contributed by atoms with Crippen LogP contribution in [0.5, 0.6) is 5.75 Å². The Morgan fingerprint density at radius 3 is 2.54 bits per heavy atom. The summed E-state index contributed by atoms with van der Waals surface area (Å²) in [5.74, 6) is 1.31. The van der Waals surface area contributed by atoms with E-state index in [1.165, 1.54) is 0 Å². The van der Waals surface area contributed by atoms with E-state index in [1.807, 2.05) is 54.6 Å². The number of benzene rings is 2. The van der Waals surface area contributed by atoms with Crippen molar-refractivity contribution in [2.45, 2.75) is 12.8 Å². The van der Waals surface area contributed by atoms with Gasteiger partial charge in [0.2, 0.25) is 10.0 Å². The molecule has 1 N–H and O–H groups in total. The molecule has 0 radical (unpaired) electrons. The number of anilines is 1. The molecular weight excluding hydrogens is 348 g/mol. The van der Waals surface area contributed by atoms with Crippen LogP contribution in [-0.2, 0) is 16.4 Å². The Bertz CT molecular complexity index is 792. The zero-order valence-corrected chi connectivity index (χ0v) is 15.9. The van der Waals surface area contributed by atoms with Gasteiger partial charge in [-0.1, -0.05) is 30.3 Å². The summed E-state index contributed by atoms with van der Waals surface area (Å²) in [7, 11) is -1.59. The largest absolute Gasteiger partial charge is 0.497 e. The molecule has 0 amide bonds. The molecule has 1 unspecified atom stereocenters. The Morgan fingerprint density at radius 2 is 1.85 bits per heavy atom. The highest BCUT2D eigenvalue weighted by Crippen LogP contribution is 2.25. The lowest BCUT2D eigenvalue weighted by Gasteiger charge is -2.19. The lowest BCUT2D eigenvalue weighted by molar-refractivity contribution is 0.415. The first kappa shape index (κ1) is 18.7. The minimum Gasteiger partial charge on any atom is -0.497 e. The number of ether oxygens (including phenoxy) is 1. The highest BCUT2D eigenvalue weighted by Gasteiger charge is 2.24. The molecule has 0 bridgehead atoms. The molecule has 1 saturated heterocycles. The van der Waals surface area contributed by atoms with Gasteiger partial charge in [0.25, 0.3) is 0 Å². The Labute approximate surface area is 156 Å². The molecule has 26 heavy (non-hydrogen) atoms. The maximum Gasteiger partial charge on any atom is 0.211 e. The zero-order chi connectivity index (χ0) is 18.4. The Morgan fingerprint density at radius 1 is 1.12 bits per heavy atom. The van der Waals surface area contributed by atoms with Gasteiger partial charge in [-0.15, -0.1) is 0 Å². The van der Waals surface area contributed by atoms with Crippen molar-refractivity contribution in [3.63, 3.8) is 0 Å². The molecule has 2 aromatic carbocycles. The summed E-state index contributed by atoms with van der Waals surface area (Å²) in [6.07, 6.45) is 1.53. The van der Waals surface area contributed by atoms with E-state index in [2.05, 4.69) is 9.62 Å². The minimum atomic E-state index is -3.24. The maximum absolute atomic E-state index is 12.2. The standard InChI is InChI=1S/C20H26N2O3S/c1-25-20-9-7-19(8-10-20)22-13-11-18(16-22)15-21-26(23,24)14-12-17-5-3-2-4-6-17/h2-10,18,21H,11-16H2,1H3. The third-order valence-corrected chi connectivity index (χ3v) is 6.17. The predicted molar refractivity (Wildman–Crippen MR) is 105 cm³/mol. The molecule has 1 aliphatic rings. The van der Waals surface area contributed by atoms with E-state index in [-0.39, 0.29) is 5.75 Å². The number of hydrogen-bond donors (Lipinski definition) is 1. The lowest BCUT2D eigenvalue weighted by atomic mass is 10.1. The van der Waals surface area contributed by atoms with E-state index in [4.69, 9.17) is 4.74 Å². The molecule has 1 atom stereocenters. The SMILES string of the molecule is COc1ccc(N2CCC(CNS(=O)(=O)CCc3ccccc3)C2)cc1. The van der Waals surface area contributed by atoms with Crippen molar-refractivity contribution in [3.05, 3.63) is 60.2 Å². The van der Waals surface area contributed by atoms with E-state index in [1.54, 1.807) is 7.11 Å². The smallest absolute Gasteiger partial charge is 0.211 e. The van der Waals surface area contributed by atoms with Crippen LogP contribution in [0.3, 0.4) is 0 Å². The first-order chi connectivity index (χ1) is 12.6. The van der Waals surface area contributed by atoms with Gasteiger partial charge in [-0.2, -0.15) is 0 Å². The number of sulfonamides is 1. The fourth-order valence-electron chi connectivity index (χ4n) is 3.24. The molecule has 0 aromatic heterocycles. The predicted octanol–water partition coefficient (Wildman–Crippen LogP) is 2.68. The Kier molecular flexibility index (Phi) is 6.16. The molecule has 1 aliphatic heterocycles. The number of methoxy groups -OCH3 is 1. The minimum absolute atomic E-state index is 0.131. The zero-order valence-electron chi connectivity index (χ0n) is 15.1. The second kappa shape index (κ2) is 8.56. The van der Waals surface area contributed by atoms with Gasteiger partial charge in [-0.3, -0.25) is 0 Å². The van der Waals surface area contributed by atoms with Crippen LogP contribution in [0.25, 0.3) is 0 Å². The summed E-state index contributed by atoms with van der Waals surface area (Å²) >= 11 is 0. The third kappa shape index (κ3) is 5.22. The quantitative estimate of drug-likeness (QED) is 0.772. The van der Waals surface area contributed by atoms with Crippen molar-refractivity contribution in [2.24, 2.45) is 5.92 Å². The van der Waals surface area contributed by atoms with Crippen molar-refractivity contribution in [1.29, 1.82) is 0 Å². The van der Waals surface area contributed by atoms with Crippen LogP contribution in [0.1, 0.15) is 12.0 Å². The fourth-order valence-corrected chi connectivity index (χ4v) is 4.38. The topological polar surface area (TPSA) is 58.6 Å². The lowest BCUT2D eigenvalue weighted by Crippen LogP contribution is -2.33. The number of nitrogens with zero attached hydrogens (tertiary/aromatic N) is 1. The Balaban J connectivity index is 1.46. The molecule has 5 nitrogen and oxygen atoms in total. The van der Waals surface area contributed by atoms with Gasteiger partial charge in [0, 0.05) is 25.3 Å². The summed E-state index contributed by atoms with van der Waals surface area (Å²) in [4.78, 5) is 2.29. The molecule has 140 valence electrons. The molecule has 3 rings (SSSR count). The maximum atomic E-state index is 12.2. The highest BCUT2D eigenvalue weighted by molar-refractivity contribution is 7.89. The van der Waals surface area contributed by atoms with Gasteiger partial charge < -0.3 is 9.64 Å². The van der Waals surface area contributed by atoms with Crippen molar-refractivity contribution in [1.82, 2.24) is 4.72 Å². The number of aryl methyl sites for hydroxylation is 1. The summed E-state index contributed by atoms with van der Waals surface area (Å²) in [5, 5.41) is 0. The molecule has 0 aliphatic carbocycles. The van der Waals surface area contributed by atoms with Gasteiger partial charge in [-0.25, -0.2) is 13.1 Å². The van der Waals surface area contributed by atoms with Gasteiger partial charge >= 0.3 is 0 Å². The van der Waals surface area contributed by atoms with Crippen molar-refractivity contribution < 1.29 is 13.2 Å². The molecule has 2 aromatic rings. The van der Waals surface area contributed by atoms with Crippen molar-refractivity contribution >= 4 is 15.7 Å². The van der Waals surface area contributed by atoms with Gasteiger partial charge in [-0.05, 0) is 48.6 Å². The molecule has 6 heteroatoms. The van der Waals surface area contributed by atoms with Crippen LogP contribution in [0, 0.1) is 5.92 Å². The van der Waals surface area contributed by atoms with Crippen LogP contribution in [0.2, 0.25) is 0 Å². The second-order valence-corrected chi connectivity index (χ2v) is 8.63. The Hall–Kier alpha value is -2.05. The monoisotopic (exact) mass is 374 g/mol. The van der Waals surface area contributed by atoms with E-state index >= 15 is 0 Å². The first-order valence-electron chi connectivity index (χ1n) is 8.96. The second-order valence-electron chi connectivity index (χ2n) is 6.70. The fraction of sp³-hybridized carbons (Fsp3) is 0.400. The van der Waals surface area contributed by atoms with Gasteiger partial charge in [0.1, 0.15) is 5.75 Å². The summed E-state index contributed by atoms with van der Waals surface area (Å²) in [6.45, 7) is 2.32. The molecule has 1 fully saturated rings. The molecule has 0 spiro atoms. The van der Waals surface area contributed by atoms with E-state index < -0.39 is 10.0 Å². The summed E-state index contributed by atoms with van der Waals surface area (Å²) in [6, 6.07) is 17.7. The molecule has 0 saturated carbocycles. The number of nitrogens with one attached hydrogen (secondary N) is 1. The van der Waals surface area contributed by atoms with E-state index in [0.717, 1.165) is 36.5 Å². The van der Waals surface area contributed by atoms with Gasteiger partial charge in [0.05, 0.1) is 12.9 Å². The average Bonchev–Trinajstić information content (AvgIpc) is 3.15. The number of rotatable bonds is 8. The van der Waals surface area contributed by atoms with Crippen LogP contribution >= 0.6 is 0 Å². The molecular formula is C20H26N2O3S. The van der Waals surface area contributed by atoms with Gasteiger partial charge in [0.15, 0.2) is 0 Å².